The zero-order chi connectivity index (χ0) is 11.5. The van der Waals surface area contributed by atoms with E-state index in [9.17, 15) is 0 Å². The van der Waals surface area contributed by atoms with E-state index >= 15 is 0 Å². The molecule has 8 nitrogen and oxygen atoms in total. The molecule has 0 bridgehead atoms. The Morgan fingerprint density at radius 1 is 1.31 bits per heavy atom. The number of hydrogen-bond donors (Lipinski definition) is 2. The van der Waals surface area contributed by atoms with Gasteiger partial charge in [0.05, 0.1) is 5.92 Å². The number of aromatic amines is 2. The zero-order valence-corrected chi connectivity index (χ0v) is 9.55. The number of tetrazole rings is 2. The normalized spacial score (nSPS) is 13.2. The molecule has 0 spiro atoms. The molecule has 2 aromatic heterocycles. The molecule has 0 fully saturated rings. The summed E-state index contributed by atoms with van der Waals surface area (Å²) in [6.07, 6.45) is 0. The van der Waals surface area contributed by atoms with Crippen molar-refractivity contribution in [2.75, 3.05) is 0 Å². The number of hydrogen-bond acceptors (Lipinski definition) is 5. The minimum Gasteiger partial charge on any atom is -0.177 e. The first-order valence-electron chi connectivity index (χ1n) is 5.23. The first kappa shape index (κ1) is 10.7. The second kappa shape index (κ2) is 4.33. The van der Waals surface area contributed by atoms with Crippen molar-refractivity contribution in [3.8, 4) is 0 Å². The number of rotatable bonds is 4. The summed E-state index contributed by atoms with van der Waals surface area (Å²) in [5.74, 6) is 2.01. The maximum atomic E-state index is 4.32. The van der Waals surface area contributed by atoms with Crippen LogP contribution in [0.1, 0.15) is 44.3 Å². The lowest BCUT2D eigenvalue weighted by Crippen LogP contribution is -2.41. The summed E-state index contributed by atoms with van der Waals surface area (Å²) in [5, 5.41) is 25.1. The third-order valence-corrected chi connectivity index (χ3v) is 2.29. The summed E-state index contributed by atoms with van der Waals surface area (Å²) in [6.45, 7) is 6.76. The summed E-state index contributed by atoms with van der Waals surface area (Å²) in [7, 11) is 0. The highest BCUT2D eigenvalue weighted by Crippen LogP contribution is 2.07. The average molecular weight is 223 g/mol. The van der Waals surface area contributed by atoms with Gasteiger partial charge in [-0.2, -0.15) is 5.21 Å². The Bertz CT molecular complexity index is 431. The van der Waals surface area contributed by atoms with Gasteiger partial charge < -0.3 is 0 Å². The first-order valence-corrected chi connectivity index (χ1v) is 5.23. The van der Waals surface area contributed by atoms with Gasteiger partial charge in [-0.25, -0.2) is 0 Å². The second-order valence-electron chi connectivity index (χ2n) is 4.08. The van der Waals surface area contributed by atoms with E-state index in [4.69, 9.17) is 0 Å². The van der Waals surface area contributed by atoms with Gasteiger partial charge in [-0.15, -0.1) is 15.3 Å². The fourth-order valence-corrected chi connectivity index (χ4v) is 1.31. The van der Waals surface area contributed by atoms with Crippen LogP contribution in [-0.2, 0) is 6.54 Å². The van der Waals surface area contributed by atoms with Crippen LogP contribution in [0.25, 0.3) is 0 Å². The third kappa shape index (κ3) is 2.20. The lowest BCUT2D eigenvalue weighted by molar-refractivity contribution is -0.807. The molecular formula is C8H15N8+. The highest BCUT2D eigenvalue weighted by molar-refractivity contribution is 4.85. The van der Waals surface area contributed by atoms with Gasteiger partial charge in [0.2, 0.25) is 0 Å². The highest BCUT2D eigenvalue weighted by Gasteiger charge is 2.19. The van der Waals surface area contributed by atoms with E-state index in [0.717, 1.165) is 5.82 Å². The smallest absolute Gasteiger partial charge is 0.177 e. The van der Waals surface area contributed by atoms with Crippen molar-refractivity contribution in [2.45, 2.75) is 39.2 Å². The molecule has 1 atom stereocenters. The van der Waals surface area contributed by atoms with Crippen molar-refractivity contribution in [1.29, 1.82) is 0 Å². The van der Waals surface area contributed by atoms with Gasteiger partial charge in [-0.1, -0.05) is 26.0 Å². The molecule has 0 saturated carbocycles. The van der Waals surface area contributed by atoms with Crippen LogP contribution in [0.3, 0.4) is 0 Å². The predicted octanol–water partition coefficient (Wildman–Crippen LogP) is -0.468. The van der Waals surface area contributed by atoms with Crippen LogP contribution >= 0.6 is 0 Å². The van der Waals surface area contributed by atoms with Crippen LogP contribution in [0.4, 0.5) is 0 Å². The van der Waals surface area contributed by atoms with Gasteiger partial charge >= 0.3 is 0 Å². The van der Waals surface area contributed by atoms with Crippen molar-refractivity contribution in [1.82, 2.24) is 36.0 Å². The van der Waals surface area contributed by atoms with Crippen LogP contribution in [0.15, 0.2) is 0 Å². The van der Waals surface area contributed by atoms with Gasteiger partial charge in [0.15, 0.2) is 5.82 Å². The van der Waals surface area contributed by atoms with Gasteiger partial charge in [0, 0.05) is 5.92 Å². The summed E-state index contributed by atoms with van der Waals surface area (Å²) in [5.41, 5.74) is 0. The lowest BCUT2D eigenvalue weighted by atomic mass is 10.2. The Hall–Kier alpha value is -1.86. The molecule has 2 N–H and O–H groups in total. The molecule has 86 valence electrons. The number of H-pyrrole nitrogens is 2. The summed E-state index contributed by atoms with van der Waals surface area (Å²) in [4.78, 5) is 1.62. The fraction of sp³-hybridized carbons (Fsp3) is 0.750. The van der Waals surface area contributed by atoms with Gasteiger partial charge in [-0.05, 0) is 9.90 Å². The SMILES string of the molecule is CC(C)c1n[n+](CC(C)c2nn[nH]n2)n[nH]1. The second-order valence-corrected chi connectivity index (χ2v) is 4.08. The first-order chi connectivity index (χ1) is 7.66. The average Bonchev–Trinajstić information content (AvgIpc) is 2.87. The molecule has 0 aliphatic carbocycles. The van der Waals surface area contributed by atoms with Crippen LogP contribution in [0.2, 0.25) is 0 Å². The number of aromatic nitrogens is 8. The maximum absolute atomic E-state index is 4.32. The van der Waals surface area contributed by atoms with E-state index in [2.05, 4.69) is 49.9 Å². The summed E-state index contributed by atoms with van der Waals surface area (Å²) < 4.78 is 0. The van der Waals surface area contributed by atoms with E-state index < -0.39 is 0 Å². The minimum atomic E-state index is 0.125. The Balaban J connectivity index is 2.03. The van der Waals surface area contributed by atoms with Crippen molar-refractivity contribution in [2.24, 2.45) is 0 Å². The van der Waals surface area contributed by atoms with E-state index in [0.29, 0.717) is 18.3 Å². The Labute approximate surface area is 92.4 Å². The van der Waals surface area contributed by atoms with E-state index in [1.807, 2.05) is 6.92 Å². The molecule has 0 saturated heterocycles. The van der Waals surface area contributed by atoms with E-state index in [1.54, 1.807) is 4.80 Å². The molecule has 0 aliphatic rings. The van der Waals surface area contributed by atoms with Crippen molar-refractivity contribution >= 4 is 0 Å². The molecule has 1 unspecified atom stereocenters. The van der Waals surface area contributed by atoms with Crippen molar-refractivity contribution in [3.05, 3.63) is 11.6 Å². The van der Waals surface area contributed by atoms with E-state index in [-0.39, 0.29) is 5.92 Å². The number of nitrogens with one attached hydrogen (secondary N) is 2. The van der Waals surface area contributed by atoms with Crippen LogP contribution in [0.5, 0.6) is 0 Å². The highest BCUT2D eigenvalue weighted by atomic mass is 15.6. The van der Waals surface area contributed by atoms with Crippen LogP contribution < -0.4 is 4.80 Å². The van der Waals surface area contributed by atoms with Crippen molar-refractivity contribution in [3.63, 3.8) is 0 Å². The Morgan fingerprint density at radius 3 is 2.69 bits per heavy atom. The topological polar surface area (TPSA) is 99.9 Å². The van der Waals surface area contributed by atoms with Crippen molar-refractivity contribution < 1.29 is 4.80 Å². The molecule has 0 radical (unpaired) electrons. The Kier molecular flexibility index (Phi) is 2.88. The standard InChI is InChI=1S/C8H14N8/c1-5(2)7-11-15-16(12-7)4-6(3)8-9-13-14-10-8/h5-6H,4H2,1-3H3,(H,9,10,13,14)/p+1. The van der Waals surface area contributed by atoms with Gasteiger partial charge in [0.25, 0.3) is 5.82 Å². The predicted molar refractivity (Wildman–Crippen MR) is 53.3 cm³/mol. The van der Waals surface area contributed by atoms with Crippen LogP contribution in [0, 0.1) is 0 Å². The monoisotopic (exact) mass is 223 g/mol. The molecular weight excluding hydrogens is 208 g/mol. The van der Waals surface area contributed by atoms with Gasteiger partial charge in [0.1, 0.15) is 11.8 Å². The minimum absolute atomic E-state index is 0.125. The molecule has 2 rings (SSSR count). The quantitative estimate of drug-likeness (QED) is 0.683. The molecule has 16 heavy (non-hydrogen) atoms. The number of nitrogens with zero attached hydrogens (tertiary/aromatic N) is 6. The summed E-state index contributed by atoms with van der Waals surface area (Å²) >= 11 is 0. The third-order valence-electron chi connectivity index (χ3n) is 2.29. The maximum Gasteiger partial charge on any atom is 0.259 e. The lowest BCUT2D eigenvalue weighted by Gasteiger charge is -1.98. The largest absolute Gasteiger partial charge is 0.259 e. The molecule has 0 aromatic carbocycles. The molecule has 2 heterocycles. The molecule has 0 amide bonds. The summed E-state index contributed by atoms with van der Waals surface area (Å²) in [6, 6.07) is 0. The van der Waals surface area contributed by atoms with E-state index in [1.165, 1.54) is 0 Å². The fourth-order valence-electron chi connectivity index (χ4n) is 1.31. The molecule has 8 heteroatoms. The zero-order valence-electron chi connectivity index (χ0n) is 9.55. The van der Waals surface area contributed by atoms with Gasteiger partial charge in [-0.3, -0.25) is 0 Å². The Morgan fingerprint density at radius 2 is 2.12 bits per heavy atom. The van der Waals surface area contributed by atoms with Crippen LogP contribution in [-0.4, -0.2) is 36.0 Å². The molecule has 0 aliphatic heterocycles. The molecule has 2 aromatic rings.